The largest absolute Gasteiger partial charge is 0.461 e. The van der Waals surface area contributed by atoms with Crippen LogP contribution in [0.25, 0.3) is 0 Å². The van der Waals surface area contributed by atoms with Crippen molar-refractivity contribution in [3.8, 4) is 0 Å². The second-order valence-corrected chi connectivity index (χ2v) is 5.06. The third-order valence-corrected chi connectivity index (χ3v) is 2.80. The Morgan fingerprint density at radius 1 is 1.32 bits per heavy atom. The Morgan fingerprint density at radius 2 is 2.00 bits per heavy atom. The van der Waals surface area contributed by atoms with Crippen LogP contribution < -0.4 is 0 Å². The van der Waals surface area contributed by atoms with Crippen molar-refractivity contribution in [1.29, 1.82) is 0 Å². The smallest absolute Gasteiger partial charge is 0.338 e. The average molecular weight is 272 g/mol. The summed E-state index contributed by atoms with van der Waals surface area (Å²) in [4.78, 5) is 33.5. The van der Waals surface area contributed by atoms with Crippen LogP contribution in [0.2, 0.25) is 0 Å². The van der Waals surface area contributed by atoms with Crippen LogP contribution in [-0.4, -0.2) is 48.4 Å². The number of ketones is 1. The number of rotatable bonds is 4. The molecular formula is C12H16O7. The first-order chi connectivity index (χ1) is 8.78. The van der Waals surface area contributed by atoms with Gasteiger partial charge in [0.05, 0.1) is 0 Å². The van der Waals surface area contributed by atoms with Crippen molar-refractivity contribution >= 4 is 17.7 Å². The van der Waals surface area contributed by atoms with Crippen molar-refractivity contribution < 1.29 is 33.3 Å². The van der Waals surface area contributed by atoms with Gasteiger partial charge in [-0.1, -0.05) is 0 Å². The van der Waals surface area contributed by atoms with Crippen molar-refractivity contribution in [1.82, 2.24) is 0 Å². The average Bonchev–Trinajstić information content (AvgIpc) is 2.71. The monoisotopic (exact) mass is 272 g/mol. The second kappa shape index (κ2) is 4.90. The van der Waals surface area contributed by atoms with E-state index in [1.54, 1.807) is 13.8 Å². The van der Waals surface area contributed by atoms with Crippen molar-refractivity contribution in [3.63, 3.8) is 0 Å². The summed E-state index contributed by atoms with van der Waals surface area (Å²) in [6.45, 7) is 4.54. The van der Waals surface area contributed by atoms with Gasteiger partial charge in [0.25, 0.3) is 0 Å². The maximum atomic E-state index is 11.6. The molecule has 0 aromatic heterocycles. The summed E-state index contributed by atoms with van der Waals surface area (Å²) in [6, 6.07) is 0. The lowest BCUT2D eigenvalue weighted by Gasteiger charge is -2.21. The maximum Gasteiger partial charge on any atom is 0.338 e. The molecule has 0 amide bonds. The highest BCUT2D eigenvalue weighted by Gasteiger charge is 2.56. The SMILES string of the molecule is CC(=O)CC(=O)OC[C@H]1OC(=O)[C@@H]2OC(C)(C)O[C@H]12. The minimum atomic E-state index is -0.865. The molecule has 0 unspecified atom stereocenters. The third kappa shape index (κ3) is 3.10. The van der Waals surface area contributed by atoms with E-state index in [0.29, 0.717) is 0 Å². The summed E-state index contributed by atoms with van der Waals surface area (Å²) in [7, 11) is 0. The minimum absolute atomic E-state index is 0.140. The number of Topliss-reactive ketones (excluding diaryl/α,β-unsaturated/α-hetero) is 1. The number of cyclic esters (lactones) is 1. The van der Waals surface area contributed by atoms with Crippen LogP contribution in [0.5, 0.6) is 0 Å². The summed E-state index contributed by atoms with van der Waals surface area (Å²) in [5.74, 6) is -2.32. The van der Waals surface area contributed by atoms with Crippen LogP contribution in [0.15, 0.2) is 0 Å². The van der Waals surface area contributed by atoms with Crippen LogP contribution in [0.3, 0.4) is 0 Å². The lowest BCUT2D eigenvalue weighted by molar-refractivity contribution is -0.191. The zero-order valence-corrected chi connectivity index (χ0v) is 11.0. The molecule has 2 fully saturated rings. The van der Waals surface area contributed by atoms with E-state index in [0.717, 1.165) is 0 Å². The Kier molecular flexibility index (Phi) is 3.60. The third-order valence-electron chi connectivity index (χ3n) is 2.80. The number of ether oxygens (including phenoxy) is 4. The molecule has 0 aromatic rings. The number of hydrogen-bond acceptors (Lipinski definition) is 7. The van der Waals surface area contributed by atoms with E-state index in [-0.39, 0.29) is 18.8 Å². The van der Waals surface area contributed by atoms with Crippen molar-refractivity contribution in [2.45, 2.75) is 51.3 Å². The topological polar surface area (TPSA) is 88.1 Å². The van der Waals surface area contributed by atoms with E-state index in [1.807, 2.05) is 0 Å². The molecule has 7 heteroatoms. The van der Waals surface area contributed by atoms with Crippen LogP contribution in [0.1, 0.15) is 27.2 Å². The summed E-state index contributed by atoms with van der Waals surface area (Å²) < 4.78 is 20.9. The molecule has 0 N–H and O–H groups in total. The summed E-state index contributed by atoms with van der Waals surface area (Å²) in [5.41, 5.74) is 0. The molecular weight excluding hydrogens is 256 g/mol. The number of esters is 2. The highest BCUT2D eigenvalue weighted by Crippen LogP contribution is 2.35. The molecule has 2 aliphatic heterocycles. The van der Waals surface area contributed by atoms with Crippen LogP contribution in [0, 0.1) is 0 Å². The van der Waals surface area contributed by atoms with E-state index in [4.69, 9.17) is 18.9 Å². The van der Waals surface area contributed by atoms with Crippen LogP contribution >= 0.6 is 0 Å². The highest BCUT2D eigenvalue weighted by atomic mass is 16.8. The van der Waals surface area contributed by atoms with Gasteiger partial charge in [0.15, 0.2) is 18.0 Å². The van der Waals surface area contributed by atoms with Gasteiger partial charge in [0.1, 0.15) is 24.9 Å². The molecule has 0 radical (unpaired) electrons. The van der Waals surface area contributed by atoms with Gasteiger partial charge in [0, 0.05) is 0 Å². The van der Waals surface area contributed by atoms with Crippen molar-refractivity contribution in [3.05, 3.63) is 0 Å². The van der Waals surface area contributed by atoms with E-state index in [9.17, 15) is 14.4 Å². The molecule has 3 atom stereocenters. The Morgan fingerprint density at radius 3 is 2.63 bits per heavy atom. The predicted octanol–water partition coefficient (Wildman–Crippen LogP) is -0.0458. The first-order valence-corrected chi connectivity index (χ1v) is 6.00. The molecule has 2 heterocycles. The van der Waals surface area contributed by atoms with Gasteiger partial charge in [-0.25, -0.2) is 4.79 Å². The molecule has 0 saturated carbocycles. The minimum Gasteiger partial charge on any atom is -0.461 e. The molecule has 2 rings (SSSR count). The zero-order chi connectivity index (χ0) is 14.2. The predicted molar refractivity (Wildman–Crippen MR) is 60.0 cm³/mol. The molecule has 106 valence electrons. The maximum absolute atomic E-state index is 11.6. The molecule has 19 heavy (non-hydrogen) atoms. The summed E-state index contributed by atoms with van der Waals surface area (Å²) in [6.07, 6.45) is -2.37. The second-order valence-electron chi connectivity index (χ2n) is 5.06. The van der Waals surface area contributed by atoms with Crippen molar-refractivity contribution in [2.75, 3.05) is 6.61 Å². The Labute approximate surface area is 110 Å². The van der Waals surface area contributed by atoms with Gasteiger partial charge in [-0.15, -0.1) is 0 Å². The van der Waals surface area contributed by atoms with Gasteiger partial charge >= 0.3 is 11.9 Å². The fourth-order valence-corrected chi connectivity index (χ4v) is 2.08. The first-order valence-electron chi connectivity index (χ1n) is 6.00. The summed E-state index contributed by atoms with van der Waals surface area (Å²) in [5, 5.41) is 0. The summed E-state index contributed by atoms with van der Waals surface area (Å²) >= 11 is 0. The number of hydrogen-bond donors (Lipinski definition) is 0. The molecule has 0 aromatic carbocycles. The molecule has 2 saturated heterocycles. The Bertz CT molecular complexity index is 414. The molecule has 0 spiro atoms. The van der Waals surface area contributed by atoms with E-state index >= 15 is 0 Å². The van der Waals surface area contributed by atoms with Gasteiger partial charge in [-0.05, 0) is 20.8 Å². The number of fused-ring (bicyclic) bond motifs is 1. The molecule has 2 aliphatic rings. The van der Waals surface area contributed by atoms with Crippen LogP contribution in [-0.2, 0) is 33.3 Å². The van der Waals surface area contributed by atoms with Crippen molar-refractivity contribution in [2.24, 2.45) is 0 Å². The van der Waals surface area contributed by atoms with E-state index in [2.05, 4.69) is 0 Å². The fourth-order valence-electron chi connectivity index (χ4n) is 2.08. The van der Waals surface area contributed by atoms with Gasteiger partial charge < -0.3 is 18.9 Å². The first kappa shape index (κ1) is 14.0. The fraction of sp³-hybridized carbons (Fsp3) is 0.750. The van der Waals surface area contributed by atoms with Gasteiger partial charge in [-0.2, -0.15) is 0 Å². The van der Waals surface area contributed by atoms with Gasteiger partial charge in [-0.3, -0.25) is 9.59 Å². The zero-order valence-electron chi connectivity index (χ0n) is 11.0. The van der Waals surface area contributed by atoms with Crippen LogP contribution in [0.4, 0.5) is 0 Å². The Hall–Kier alpha value is -1.47. The highest BCUT2D eigenvalue weighted by molar-refractivity contribution is 5.94. The lowest BCUT2D eigenvalue weighted by Crippen LogP contribution is -2.33. The normalized spacial score (nSPS) is 31.7. The van der Waals surface area contributed by atoms with E-state index in [1.165, 1.54) is 6.92 Å². The lowest BCUT2D eigenvalue weighted by atomic mass is 10.1. The number of carbonyl (C=O) groups excluding carboxylic acids is 3. The van der Waals surface area contributed by atoms with Gasteiger partial charge in [0.2, 0.25) is 0 Å². The molecule has 0 aliphatic carbocycles. The molecule has 0 bridgehead atoms. The standard InChI is InChI=1S/C12H16O7/c1-6(13)4-8(14)16-5-7-9-10(11(15)17-7)19-12(2,3)18-9/h7,9-10H,4-5H2,1-3H3/t7-,9-,10-/m1/s1. The quantitative estimate of drug-likeness (QED) is 0.524. The molecule has 7 nitrogen and oxygen atoms in total. The number of carbonyl (C=O) groups is 3. The Balaban J connectivity index is 1.90. The van der Waals surface area contributed by atoms with E-state index < -0.39 is 36.0 Å².